The van der Waals surface area contributed by atoms with Crippen LogP contribution in [0.2, 0.25) is 0 Å². The van der Waals surface area contributed by atoms with Gasteiger partial charge in [-0.15, -0.1) is 0 Å². The molecular weight excluding hydrogens is 244 g/mol. The molecule has 2 N–H and O–H groups in total. The Labute approximate surface area is 127 Å². The van der Waals surface area contributed by atoms with Crippen molar-refractivity contribution in [3.05, 3.63) is 0 Å². The van der Waals surface area contributed by atoms with E-state index in [9.17, 15) is 0 Å². The second-order valence-corrected chi connectivity index (χ2v) is 7.73. The molecule has 0 spiro atoms. The Morgan fingerprint density at radius 1 is 1.15 bits per heavy atom. The van der Waals surface area contributed by atoms with Gasteiger partial charge in [-0.25, -0.2) is 0 Å². The van der Waals surface area contributed by atoms with Crippen molar-refractivity contribution in [2.45, 2.75) is 85.1 Å². The van der Waals surface area contributed by atoms with Crippen LogP contribution in [-0.4, -0.2) is 30.6 Å². The van der Waals surface area contributed by atoms with Crippen LogP contribution in [0.25, 0.3) is 0 Å². The molecule has 0 aromatic rings. The third-order valence-corrected chi connectivity index (χ3v) is 5.21. The van der Waals surface area contributed by atoms with Crippen molar-refractivity contribution in [1.29, 1.82) is 0 Å². The van der Waals surface area contributed by atoms with E-state index >= 15 is 0 Å². The van der Waals surface area contributed by atoms with Gasteiger partial charge >= 0.3 is 0 Å². The van der Waals surface area contributed by atoms with Gasteiger partial charge in [0.25, 0.3) is 0 Å². The minimum Gasteiger partial charge on any atom is -0.330 e. The summed E-state index contributed by atoms with van der Waals surface area (Å²) < 4.78 is 0. The van der Waals surface area contributed by atoms with Crippen molar-refractivity contribution >= 4 is 0 Å². The lowest BCUT2D eigenvalue weighted by atomic mass is 9.76. The summed E-state index contributed by atoms with van der Waals surface area (Å²) in [5, 5.41) is 0. The molecule has 1 saturated heterocycles. The van der Waals surface area contributed by atoms with Gasteiger partial charge in [-0.3, -0.25) is 0 Å². The topological polar surface area (TPSA) is 29.3 Å². The maximum Gasteiger partial charge on any atom is 0.00926 e. The van der Waals surface area contributed by atoms with Crippen molar-refractivity contribution in [1.82, 2.24) is 4.90 Å². The van der Waals surface area contributed by atoms with Crippen LogP contribution in [0.15, 0.2) is 0 Å². The summed E-state index contributed by atoms with van der Waals surface area (Å²) in [6.45, 7) is 12.9. The average Bonchev–Trinajstić information content (AvgIpc) is 2.61. The van der Waals surface area contributed by atoms with E-state index in [-0.39, 0.29) is 0 Å². The maximum atomic E-state index is 5.79. The summed E-state index contributed by atoms with van der Waals surface area (Å²) in [6, 6.07) is 0.847. The standard InChI is InChI=1S/C18H38N2/c1-5-17-11-7-6-8-14-20(17)15-9-10-16(12-13-19)18(2,3)4/h16-17H,5-15,19H2,1-4H3. The SMILES string of the molecule is CCC1CCCCCN1CCCC(CCN)C(C)(C)C. The van der Waals surface area contributed by atoms with Crippen LogP contribution in [0.1, 0.15) is 79.1 Å². The lowest BCUT2D eigenvalue weighted by Crippen LogP contribution is -2.35. The summed E-state index contributed by atoms with van der Waals surface area (Å²) in [7, 11) is 0. The second-order valence-electron chi connectivity index (χ2n) is 7.73. The molecule has 2 heteroatoms. The van der Waals surface area contributed by atoms with Gasteiger partial charge in [0.1, 0.15) is 0 Å². The predicted octanol–water partition coefficient (Wildman–Crippen LogP) is 4.43. The van der Waals surface area contributed by atoms with E-state index in [1.807, 2.05) is 0 Å². The highest BCUT2D eigenvalue weighted by Gasteiger charge is 2.24. The van der Waals surface area contributed by atoms with Crippen LogP contribution in [0.5, 0.6) is 0 Å². The number of nitrogens with zero attached hydrogens (tertiary/aromatic N) is 1. The number of hydrogen-bond donors (Lipinski definition) is 1. The van der Waals surface area contributed by atoms with Crippen LogP contribution in [0.4, 0.5) is 0 Å². The molecule has 2 nitrogen and oxygen atoms in total. The smallest absolute Gasteiger partial charge is 0.00926 e. The van der Waals surface area contributed by atoms with Gasteiger partial charge in [0.05, 0.1) is 0 Å². The van der Waals surface area contributed by atoms with Gasteiger partial charge in [-0.2, -0.15) is 0 Å². The van der Waals surface area contributed by atoms with Crippen molar-refractivity contribution in [3.8, 4) is 0 Å². The quantitative estimate of drug-likeness (QED) is 0.748. The molecule has 0 bridgehead atoms. The summed E-state index contributed by atoms with van der Waals surface area (Å²) in [4.78, 5) is 2.77. The molecule has 1 aliphatic rings. The number of rotatable bonds is 7. The molecule has 0 saturated carbocycles. The van der Waals surface area contributed by atoms with Crippen molar-refractivity contribution in [2.24, 2.45) is 17.1 Å². The van der Waals surface area contributed by atoms with Crippen LogP contribution >= 0.6 is 0 Å². The highest BCUT2D eigenvalue weighted by molar-refractivity contribution is 4.77. The second kappa shape index (κ2) is 9.04. The molecule has 0 amide bonds. The first-order valence-corrected chi connectivity index (χ1v) is 8.93. The highest BCUT2D eigenvalue weighted by atomic mass is 15.1. The van der Waals surface area contributed by atoms with Gasteiger partial charge in [-0.05, 0) is 69.5 Å². The Balaban J connectivity index is 2.39. The predicted molar refractivity (Wildman–Crippen MR) is 90.0 cm³/mol. The van der Waals surface area contributed by atoms with Crippen molar-refractivity contribution < 1.29 is 0 Å². The van der Waals surface area contributed by atoms with E-state index in [4.69, 9.17) is 5.73 Å². The van der Waals surface area contributed by atoms with E-state index in [0.29, 0.717) is 5.41 Å². The molecule has 1 rings (SSSR count). The molecule has 0 aliphatic carbocycles. The number of likely N-dealkylation sites (tertiary alicyclic amines) is 1. The number of hydrogen-bond acceptors (Lipinski definition) is 2. The van der Waals surface area contributed by atoms with Crippen molar-refractivity contribution in [2.75, 3.05) is 19.6 Å². The Kier molecular flexibility index (Phi) is 8.13. The molecule has 0 aromatic heterocycles. The van der Waals surface area contributed by atoms with Gasteiger partial charge < -0.3 is 10.6 Å². The first-order chi connectivity index (χ1) is 9.49. The molecule has 0 radical (unpaired) electrons. The summed E-state index contributed by atoms with van der Waals surface area (Å²) in [6.07, 6.45) is 10.9. The number of nitrogens with two attached hydrogens (primary N) is 1. The van der Waals surface area contributed by atoms with Crippen molar-refractivity contribution in [3.63, 3.8) is 0 Å². The molecular formula is C18H38N2. The van der Waals surface area contributed by atoms with Gasteiger partial charge in [0.15, 0.2) is 0 Å². The third-order valence-electron chi connectivity index (χ3n) is 5.21. The molecule has 20 heavy (non-hydrogen) atoms. The highest BCUT2D eigenvalue weighted by Crippen LogP contribution is 2.32. The molecule has 1 heterocycles. The Morgan fingerprint density at radius 3 is 2.50 bits per heavy atom. The van der Waals surface area contributed by atoms with Gasteiger partial charge in [0.2, 0.25) is 0 Å². The lowest BCUT2D eigenvalue weighted by molar-refractivity contribution is 0.165. The van der Waals surface area contributed by atoms with E-state index in [0.717, 1.165) is 18.5 Å². The summed E-state index contributed by atoms with van der Waals surface area (Å²) in [5.41, 5.74) is 6.20. The van der Waals surface area contributed by atoms with Gasteiger partial charge in [0, 0.05) is 6.04 Å². The van der Waals surface area contributed by atoms with E-state index in [2.05, 4.69) is 32.6 Å². The normalized spacial score (nSPS) is 23.6. The molecule has 0 aromatic carbocycles. The monoisotopic (exact) mass is 282 g/mol. The van der Waals surface area contributed by atoms with Crippen LogP contribution in [0.3, 0.4) is 0 Å². The minimum absolute atomic E-state index is 0.405. The average molecular weight is 283 g/mol. The molecule has 2 atom stereocenters. The fourth-order valence-corrected chi connectivity index (χ4v) is 3.75. The zero-order chi connectivity index (χ0) is 15.0. The fraction of sp³-hybridized carbons (Fsp3) is 1.00. The Morgan fingerprint density at radius 2 is 1.90 bits per heavy atom. The first-order valence-electron chi connectivity index (χ1n) is 8.93. The minimum atomic E-state index is 0.405. The van der Waals surface area contributed by atoms with E-state index in [1.54, 1.807) is 0 Å². The Hall–Kier alpha value is -0.0800. The molecule has 1 fully saturated rings. The van der Waals surface area contributed by atoms with E-state index in [1.165, 1.54) is 64.5 Å². The molecule has 120 valence electrons. The fourth-order valence-electron chi connectivity index (χ4n) is 3.75. The summed E-state index contributed by atoms with van der Waals surface area (Å²) in [5.74, 6) is 0.777. The molecule has 2 unspecified atom stereocenters. The maximum absolute atomic E-state index is 5.79. The zero-order valence-corrected chi connectivity index (χ0v) is 14.5. The van der Waals surface area contributed by atoms with Crippen LogP contribution < -0.4 is 5.73 Å². The first kappa shape index (κ1) is 18.0. The third kappa shape index (κ3) is 6.13. The largest absolute Gasteiger partial charge is 0.330 e. The Bertz CT molecular complexity index is 244. The zero-order valence-electron chi connectivity index (χ0n) is 14.5. The van der Waals surface area contributed by atoms with Crippen LogP contribution in [-0.2, 0) is 0 Å². The summed E-state index contributed by atoms with van der Waals surface area (Å²) >= 11 is 0. The molecule has 1 aliphatic heterocycles. The van der Waals surface area contributed by atoms with Gasteiger partial charge in [-0.1, -0.05) is 40.5 Å². The lowest BCUT2D eigenvalue weighted by Gasteiger charge is -2.33. The van der Waals surface area contributed by atoms with E-state index < -0.39 is 0 Å². The van der Waals surface area contributed by atoms with Crippen LogP contribution in [0, 0.1) is 11.3 Å².